The van der Waals surface area contributed by atoms with Gasteiger partial charge in [-0.3, -0.25) is 9.59 Å². The predicted octanol–water partition coefficient (Wildman–Crippen LogP) is 4.41. The second-order valence-corrected chi connectivity index (χ2v) is 9.39. The summed E-state index contributed by atoms with van der Waals surface area (Å²) in [5.41, 5.74) is 3.63. The van der Waals surface area contributed by atoms with E-state index in [-0.39, 0.29) is 25.0 Å². The lowest BCUT2D eigenvalue weighted by Crippen LogP contribution is -2.54. The van der Waals surface area contributed by atoms with Crippen molar-refractivity contribution in [2.75, 3.05) is 19.7 Å². The maximum Gasteiger partial charge on any atom is 0.407 e. The summed E-state index contributed by atoms with van der Waals surface area (Å²) in [5.74, 6) is -1.20. The van der Waals surface area contributed by atoms with Crippen molar-refractivity contribution in [3.8, 4) is 11.1 Å². The molecular weight excluding hydrogens is 432 g/mol. The number of nitrogens with one attached hydrogen (secondary N) is 1. The Bertz CT molecular complexity index is 1030. The van der Waals surface area contributed by atoms with Gasteiger partial charge in [-0.2, -0.15) is 0 Å². The lowest BCUT2D eigenvalue weighted by Gasteiger charge is -2.40. The summed E-state index contributed by atoms with van der Waals surface area (Å²) in [6.07, 6.45) is 1.81. The molecule has 34 heavy (non-hydrogen) atoms. The van der Waals surface area contributed by atoms with Crippen molar-refractivity contribution in [1.82, 2.24) is 10.2 Å². The van der Waals surface area contributed by atoms with Gasteiger partial charge in [0.05, 0.1) is 5.41 Å². The van der Waals surface area contributed by atoms with E-state index in [1.54, 1.807) is 11.8 Å². The Kier molecular flexibility index (Phi) is 6.91. The lowest BCUT2D eigenvalue weighted by atomic mass is 9.76. The molecule has 2 aromatic rings. The van der Waals surface area contributed by atoms with Crippen molar-refractivity contribution in [2.24, 2.45) is 5.41 Å². The molecule has 4 rings (SSSR count). The monoisotopic (exact) mass is 464 g/mol. The molecule has 0 radical (unpaired) electrons. The summed E-state index contributed by atoms with van der Waals surface area (Å²) in [6, 6.07) is 15.4. The first-order chi connectivity index (χ1) is 16.4. The van der Waals surface area contributed by atoms with E-state index in [4.69, 9.17) is 4.74 Å². The van der Waals surface area contributed by atoms with E-state index in [2.05, 4.69) is 29.6 Å². The molecule has 180 valence electrons. The molecule has 0 saturated carbocycles. The molecule has 7 nitrogen and oxygen atoms in total. The van der Waals surface area contributed by atoms with Gasteiger partial charge in [-0.05, 0) is 48.4 Å². The van der Waals surface area contributed by atoms with Crippen LogP contribution in [0.5, 0.6) is 0 Å². The number of likely N-dealkylation sites (tertiary alicyclic amines) is 1. The molecule has 2 aliphatic rings. The third-order valence-corrected chi connectivity index (χ3v) is 7.12. The van der Waals surface area contributed by atoms with Crippen molar-refractivity contribution in [2.45, 2.75) is 51.5 Å². The van der Waals surface area contributed by atoms with Crippen LogP contribution < -0.4 is 5.32 Å². The Morgan fingerprint density at radius 3 is 2.32 bits per heavy atom. The molecule has 0 spiro atoms. The van der Waals surface area contributed by atoms with E-state index >= 15 is 0 Å². The number of piperidine rings is 1. The first kappa shape index (κ1) is 23.8. The second-order valence-electron chi connectivity index (χ2n) is 9.39. The first-order valence-electron chi connectivity index (χ1n) is 12.0. The van der Waals surface area contributed by atoms with Crippen molar-refractivity contribution >= 4 is 18.0 Å². The molecule has 1 aliphatic carbocycles. The van der Waals surface area contributed by atoms with Crippen LogP contribution in [0.3, 0.4) is 0 Å². The highest BCUT2D eigenvalue weighted by Gasteiger charge is 2.43. The molecule has 7 heteroatoms. The second kappa shape index (κ2) is 9.87. The van der Waals surface area contributed by atoms with Crippen LogP contribution >= 0.6 is 0 Å². The number of carbonyl (C=O) groups is 3. The van der Waals surface area contributed by atoms with Crippen LogP contribution in [0.25, 0.3) is 11.1 Å². The van der Waals surface area contributed by atoms with E-state index in [1.807, 2.05) is 31.2 Å². The molecule has 2 aromatic carbocycles. The summed E-state index contributed by atoms with van der Waals surface area (Å²) in [5, 5.41) is 12.4. The summed E-state index contributed by atoms with van der Waals surface area (Å²) in [4.78, 5) is 39.1. The highest BCUT2D eigenvalue weighted by molar-refractivity contribution is 5.86. The Balaban J connectivity index is 1.36. The van der Waals surface area contributed by atoms with Gasteiger partial charge in [-0.25, -0.2) is 4.79 Å². The number of aliphatic carboxylic acids is 1. The number of carboxylic acid groups (broad SMARTS) is 1. The molecular formula is C27H32N2O5. The third-order valence-electron chi connectivity index (χ3n) is 7.12. The number of benzene rings is 2. The van der Waals surface area contributed by atoms with Crippen molar-refractivity contribution in [1.29, 1.82) is 0 Å². The van der Waals surface area contributed by atoms with Crippen LogP contribution in [0.2, 0.25) is 0 Å². The van der Waals surface area contributed by atoms with Gasteiger partial charge in [-0.1, -0.05) is 61.9 Å². The minimum Gasteiger partial charge on any atom is -0.481 e. The number of carboxylic acids is 1. The van der Waals surface area contributed by atoms with Crippen molar-refractivity contribution in [3.63, 3.8) is 0 Å². The van der Waals surface area contributed by atoms with E-state index < -0.39 is 23.5 Å². The number of amides is 2. The third kappa shape index (κ3) is 4.52. The number of carbonyl (C=O) groups excluding carboxylic acids is 2. The molecule has 1 saturated heterocycles. The van der Waals surface area contributed by atoms with Gasteiger partial charge in [0, 0.05) is 19.0 Å². The summed E-state index contributed by atoms with van der Waals surface area (Å²) < 4.78 is 5.55. The van der Waals surface area contributed by atoms with Crippen molar-refractivity contribution < 1.29 is 24.2 Å². The van der Waals surface area contributed by atoms with Crippen LogP contribution in [0.4, 0.5) is 4.79 Å². The van der Waals surface area contributed by atoms with Crippen LogP contribution in [0.15, 0.2) is 48.5 Å². The maximum absolute atomic E-state index is 13.0. The standard InChI is InChI=1S/C27H32N2O5/c1-3-13-27(25(31)32)14-8-15-29(17-27)24(30)18(2)28-26(33)34-16-23-21-11-6-4-9-19(21)20-10-5-7-12-22(20)23/h4-7,9-12,18,23H,3,8,13-17H2,1-2H3,(H,28,33)(H,31,32)/t18-,27?/m1/s1. The topological polar surface area (TPSA) is 95.9 Å². The van der Waals surface area contributed by atoms with Gasteiger partial charge in [0.25, 0.3) is 0 Å². The van der Waals surface area contributed by atoms with Gasteiger partial charge in [0.2, 0.25) is 5.91 Å². The van der Waals surface area contributed by atoms with Gasteiger partial charge in [-0.15, -0.1) is 0 Å². The maximum atomic E-state index is 13.0. The minimum atomic E-state index is -0.911. The molecule has 0 aromatic heterocycles. The molecule has 2 amide bonds. The van der Waals surface area contributed by atoms with E-state index in [0.717, 1.165) is 28.7 Å². The molecule has 1 heterocycles. The molecule has 0 bridgehead atoms. The molecule has 1 aliphatic heterocycles. The lowest BCUT2D eigenvalue weighted by molar-refractivity contribution is -0.156. The average Bonchev–Trinajstić information content (AvgIpc) is 3.16. The van der Waals surface area contributed by atoms with Crippen molar-refractivity contribution in [3.05, 3.63) is 59.7 Å². The Hall–Kier alpha value is -3.35. The number of rotatable bonds is 7. The first-order valence-corrected chi connectivity index (χ1v) is 12.0. The van der Waals surface area contributed by atoms with E-state index in [1.165, 1.54) is 0 Å². The van der Waals surface area contributed by atoms with Crippen LogP contribution in [0.1, 0.15) is 56.6 Å². The highest BCUT2D eigenvalue weighted by atomic mass is 16.5. The molecule has 2 atom stereocenters. The van der Waals surface area contributed by atoms with Gasteiger partial charge in [0.15, 0.2) is 0 Å². The summed E-state index contributed by atoms with van der Waals surface area (Å²) in [6.45, 7) is 4.40. The Labute approximate surface area is 200 Å². The van der Waals surface area contributed by atoms with Gasteiger partial charge >= 0.3 is 12.1 Å². The fourth-order valence-corrected chi connectivity index (χ4v) is 5.44. The average molecular weight is 465 g/mol. The van der Waals surface area contributed by atoms with E-state index in [0.29, 0.717) is 25.8 Å². The Morgan fingerprint density at radius 2 is 1.74 bits per heavy atom. The highest BCUT2D eigenvalue weighted by Crippen LogP contribution is 2.44. The largest absolute Gasteiger partial charge is 0.481 e. The van der Waals surface area contributed by atoms with Crippen LogP contribution in [-0.2, 0) is 14.3 Å². The SMILES string of the molecule is CCCC1(C(=O)O)CCCN(C(=O)[C@@H](C)NC(=O)OCC2c3ccccc3-c3ccccc32)C1. The van der Waals surface area contributed by atoms with Crippen LogP contribution in [-0.4, -0.2) is 53.7 Å². The number of hydrogen-bond donors (Lipinski definition) is 2. The number of hydrogen-bond acceptors (Lipinski definition) is 4. The smallest absolute Gasteiger partial charge is 0.407 e. The number of alkyl carbamates (subject to hydrolysis) is 1. The summed E-state index contributed by atoms with van der Waals surface area (Å²) in [7, 11) is 0. The number of nitrogens with zero attached hydrogens (tertiary/aromatic N) is 1. The molecule has 1 unspecified atom stereocenters. The van der Waals surface area contributed by atoms with E-state index in [9.17, 15) is 19.5 Å². The van der Waals surface area contributed by atoms with Crippen LogP contribution in [0, 0.1) is 5.41 Å². The fourth-order valence-electron chi connectivity index (χ4n) is 5.44. The quantitative estimate of drug-likeness (QED) is 0.633. The number of ether oxygens (including phenoxy) is 1. The normalized spacial score (nSPS) is 20.2. The number of fused-ring (bicyclic) bond motifs is 3. The van der Waals surface area contributed by atoms with Gasteiger partial charge in [0.1, 0.15) is 12.6 Å². The minimum absolute atomic E-state index is 0.0588. The molecule has 2 N–H and O–H groups in total. The predicted molar refractivity (Wildman–Crippen MR) is 128 cm³/mol. The zero-order valence-electron chi connectivity index (χ0n) is 19.8. The summed E-state index contributed by atoms with van der Waals surface area (Å²) >= 11 is 0. The van der Waals surface area contributed by atoms with Gasteiger partial charge < -0.3 is 20.1 Å². The molecule has 1 fully saturated rings. The zero-order chi connectivity index (χ0) is 24.3. The zero-order valence-corrected chi connectivity index (χ0v) is 19.8. The Morgan fingerprint density at radius 1 is 1.12 bits per heavy atom. The fraction of sp³-hybridized carbons (Fsp3) is 0.444.